The predicted molar refractivity (Wildman–Crippen MR) is 142 cm³/mol. The van der Waals surface area contributed by atoms with Gasteiger partial charge in [-0.1, -0.05) is 74.0 Å². The molecule has 0 spiro atoms. The zero-order chi connectivity index (χ0) is 25.6. The van der Waals surface area contributed by atoms with Crippen LogP contribution in [0, 0.1) is 6.92 Å². The van der Waals surface area contributed by atoms with E-state index in [1.54, 1.807) is 0 Å². The van der Waals surface area contributed by atoms with Crippen molar-refractivity contribution in [1.29, 1.82) is 0 Å². The topological polar surface area (TPSA) is 47.6 Å². The first-order valence-corrected chi connectivity index (χ1v) is 12.3. The minimum Gasteiger partial charge on any atom is -0.443 e. The lowest BCUT2D eigenvalue weighted by molar-refractivity contribution is -0.0703. The summed E-state index contributed by atoms with van der Waals surface area (Å²) < 4.78 is 12.3. The summed E-state index contributed by atoms with van der Waals surface area (Å²) in [6, 6.07) is 16.6. The molecule has 0 aliphatic heterocycles. The molecule has 4 heteroatoms. The Morgan fingerprint density at radius 3 is 2.18 bits per heavy atom. The second kappa shape index (κ2) is 11.2. The number of benzene rings is 2. The zero-order valence-electron chi connectivity index (χ0n) is 22.4. The molecule has 0 saturated carbocycles. The summed E-state index contributed by atoms with van der Waals surface area (Å²) in [5.41, 5.74) is 3.86. The fraction of sp³-hybridized carbons (Fsp3) is 0.500. The molecular formula is C30H43NO3. The van der Waals surface area contributed by atoms with E-state index in [4.69, 9.17) is 9.47 Å². The highest BCUT2D eigenvalue weighted by Crippen LogP contribution is 2.31. The van der Waals surface area contributed by atoms with Crippen molar-refractivity contribution in [3.63, 3.8) is 0 Å². The monoisotopic (exact) mass is 465 g/mol. The number of amides is 1. The Kier molecular flexibility index (Phi) is 9.13. The number of hydrogen-bond acceptors (Lipinski definition) is 3. The molecule has 2 unspecified atom stereocenters. The van der Waals surface area contributed by atoms with Gasteiger partial charge in [0.1, 0.15) is 5.60 Å². The molecule has 2 atom stereocenters. The van der Waals surface area contributed by atoms with Crippen LogP contribution in [0.2, 0.25) is 0 Å². The van der Waals surface area contributed by atoms with Gasteiger partial charge in [0, 0.05) is 6.42 Å². The molecule has 0 aliphatic rings. The average Bonchev–Trinajstić information content (AvgIpc) is 2.79. The molecule has 0 bridgehead atoms. The average molecular weight is 466 g/mol. The minimum absolute atomic E-state index is 0.374. The number of carbonyl (C=O) groups excluding carboxylic acids is 1. The van der Waals surface area contributed by atoms with Gasteiger partial charge in [0.05, 0.1) is 17.7 Å². The third-order valence-corrected chi connectivity index (χ3v) is 6.97. The molecule has 1 amide bonds. The van der Waals surface area contributed by atoms with E-state index in [1.165, 1.54) is 5.56 Å². The van der Waals surface area contributed by atoms with Crippen molar-refractivity contribution >= 4 is 11.7 Å². The molecule has 0 fully saturated rings. The molecule has 0 saturated heterocycles. The maximum atomic E-state index is 12.9. The van der Waals surface area contributed by atoms with Crippen molar-refractivity contribution in [2.75, 3.05) is 6.61 Å². The van der Waals surface area contributed by atoms with Crippen molar-refractivity contribution in [2.45, 2.75) is 91.4 Å². The van der Waals surface area contributed by atoms with E-state index in [0.29, 0.717) is 19.4 Å². The van der Waals surface area contributed by atoms with Gasteiger partial charge in [-0.2, -0.15) is 0 Å². The molecule has 2 aromatic rings. The Bertz CT molecular complexity index is 979. The van der Waals surface area contributed by atoms with Crippen LogP contribution in [-0.4, -0.2) is 18.3 Å². The molecule has 186 valence electrons. The van der Waals surface area contributed by atoms with Gasteiger partial charge in [0.25, 0.3) is 0 Å². The first-order chi connectivity index (χ1) is 15.8. The van der Waals surface area contributed by atoms with E-state index in [1.807, 2.05) is 52.8 Å². The molecule has 2 rings (SSSR count). The van der Waals surface area contributed by atoms with Gasteiger partial charge >= 0.3 is 6.09 Å². The molecule has 1 N–H and O–H groups in total. The third kappa shape index (κ3) is 7.20. The van der Waals surface area contributed by atoms with Crippen molar-refractivity contribution in [3.05, 3.63) is 77.4 Å². The molecule has 0 aromatic heterocycles. The summed E-state index contributed by atoms with van der Waals surface area (Å²) in [6.45, 7) is 20.8. The Labute approximate surface area is 206 Å². The quantitative estimate of drug-likeness (QED) is 0.367. The van der Waals surface area contributed by atoms with Crippen LogP contribution in [0.5, 0.6) is 0 Å². The number of nitrogens with one attached hydrogen (secondary N) is 1. The van der Waals surface area contributed by atoms with Gasteiger partial charge < -0.3 is 14.8 Å². The number of hydrogen-bond donors (Lipinski definition) is 1. The van der Waals surface area contributed by atoms with E-state index in [2.05, 4.69) is 63.0 Å². The number of ether oxygens (including phenoxy) is 2. The molecule has 0 aliphatic carbocycles. The van der Waals surface area contributed by atoms with Crippen molar-refractivity contribution in [2.24, 2.45) is 0 Å². The van der Waals surface area contributed by atoms with Gasteiger partial charge in [0.2, 0.25) is 0 Å². The minimum atomic E-state index is -0.623. The van der Waals surface area contributed by atoms with Crippen LogP contribution < -0.4 is 5.32 Å². The number of carbonyl (C=O) groups is 1. The molecular weight excluding hydrogens is 422 g/mol. The van der Waals surface area contributed by atoms with E-state index in [9.17, 15) is 4.79 Å². The summed E-state index contributed by atoms with van der Waals surface area (Å²) in [7, 11) is 0. The highest BCUT2D eigenvalue weighted by molar-refractivity contribution is 5.69. The normalized spacial score (nSPS) is 15.2. The maximum absolute atomic E-state index is 12.9. The van der Waals surface area contributed by atoms with Crippen LogP contribution in [0.4, 0.5) is 4.79 Å². The summed E-state index contributed by atoms with van der Waals surface area (Å²) in [5.74, 6) is 0. The van der Waals surface area contributed by atoms with E-state index < -0.39 is 17.2 Å². The first kappa shape index (κ1) is 27.7. The highest BCUT2D eigenvalue weighted by atomic mass is 16.6. The summed E-state index contributed by atoms with van der Waals surface area (Å²) in [5, 5.41) is 3.05. The second-order valence-electron chi connectivity index (χ2n) is 10.4. The first-order valence-electron chi connectivity index (χ1n) is 12.3. The van der Waals surface area contributed by atoms with Crippen LogP contribution in [0.25, 0.3) is 5.57 Å². The van der Waals surface area contributed by atoms with Crippen molar-refractivity contribution in [1.82, 2.24) is 5.32 Å². The molecule has 0 heterocycles. The number of aryl methyl sites for hydroxylation is 1. The smallest absolute Gasteiger partial charge is 0.408 e. The molecule has 4 nitrogen and oxygen atoms in total. The van der Waals surface area contributed by atoms with Gasteiger partial charge in [0.15, 0.2) is 0 Å². The fourth-order valence-corrected chi connectivity index (χ4v) is 3.84. The standard InChI is InChI=1S/C30H43NO3/c1-10-29(8,19-20-33-30(9,11-2)25-17-15-23(5)16-18-25)34-27(32)31-28(6,7)26-14-12-13-24(21-26)22(3)4/h12-18,21H,3,10-11,19-20H2,1-2,4-9H3,(H,31,32). The van der Waals surface area contributed by atoms with Crippen molar-refractivity contribution < 1.29 is 14.3 Å². The summed E-state index contributed by atoms with van der Waals surface area (Å²) in [6.07, 6.45) is 1.75. The predicted octanol–water partition coefficient (Wildman–Crippen LogP) is 7.89. The molecule has 2 aromatic carbocycles. The van der Waals surface area contributed by atoms with Crippen LogP contribution in [0.3, 0.4) is 0 Å². The van der Waals surface area contributed by atoms with Gasteiger partial charge in [-0.05, 0) is 77.1 Å². The Hall–Kier alpha value is -2.59. The van der Waals surface area contributed by atoms with Crippen LogP contribution in [0.15, 0.2) is 55.1 Å². The zero-order valence-corrected chi connectivity index (χ0v) is 22.4. The SMILES string of the molecule is C=C(C)c1cccc(C(C)(C)NC(=O)OC(C)(CC)CCOC(C)(CC)c2ccc(C)cc2)c1. The molecule has 0 radical (unpaired) electrons. The third-order valence-electron chi connectivity index (χ3n) is 6.97. The number of alkyl carbamates (subject to hydrolysis) is 1. The summed E-state index contributed by atoms with van der Waals surface area (Å²) >= 11 is 0. The van der Waals surface area contributed by atoms with Gasteiger partial charge in [-0.3, -0.25) is 0 Å². The molecule has 34 heavy (non-hydrogen) atoms. The van der Waals surface area contributed by atoms with Crippen LogP contribution >= 0.6 is 0 Å². The lowest BCUT2D eigenvalue weighted by atomic mass is 9.91. The van der Waals surface area contributed by atoms with Crippen molar-refractivity contribution in [3.8, 4) is 0 Å². The lowest BCUT2D eigenvalue weighted by Gasteiger charge is -2.34. The number of rotatable bonds is 11. The highest BCUT2D eigenvalue weighted by Gasteiger charge is 2.32. The van der Waals surface area contributed by atoms with E-state index >= 15 is 0 Å². The Morgan fingerprint density at radius 1 is 0.971 bits per heavy atom. The maximum Gasteiger partial charge on any atom is 0.408 e. The second-order valence-corrected chi connectivity index (χ2v) is 10.4. The van der Waals surface area contributed by atoms with Crippen LogP contribution in [-0.2, 0) is 20.6 Å². The fourth-order valence-electron chi connectivity index (χ4n) is 3.84. The Balaban J connectivity index is 2.02. The summed E-state index contributed by atoms with van der Waals surface area (Å²) in [4.78, 5) is 12.9. The van der Waals surface area contributed by atoms with Gasteiger partial charge in [-0.15, -0.1) is 0 Å². The lowest BCUT2D eigenvalue weighted by Crippen LogP contribution is -2.45. The van der Waals surface area contributed by atoms with E-state index in [-0.39, 0.29) is 5.60 Å². The Morgan fingerprint density at radius 2 is 1.62 bits per heavy atom. The largest absolute Gasteiger partial charge is 0.443 e. The van der Waals surface area contributed by atoms with E-state index in [0.717, 1.165) is 28.7 Å². The number of allylic oxidation sites excluding steroid dienone is 1. The van der Waals surface area contributed by atoms with Gasteiger partial charge in [-0.25, -0.2) is 4.79 Å². The van der Waals surface area contributed by atoms with Crippen LogP contribution in [0.1, 0.15) is 90.0 Å².